The highest BCUT2D eigenvalue weighted by Gasteiger charge is 2.39. The summed E-state index contributed by atoms with van der Waals surface area (Å²) < 4.78 is 81.8. The third-order valence-corrected chi connectivity index (χ3v) is 6.22. The van der Waals surface area contributed by atoms with Crippen LogP contribution in [0.5, 0.6) is 0 Å². The third kappa shape index (κ3) is 5.59. The number of nitrogens with zero attached hydrogens (tertiary/aromatic N) is 3. The molecule has 0 N–H and O–H groups in total. The van der Waals surface area contributed by atoms with Gasteiger partial charge in [-0.2, -0.15) is 26.3 Å². The number of aryl methyl sites for hydroxylation is 1. The van der Waals surface area contributed by atoms with Gasteiger partial charge in [0.05, 0.1) is 11.1 Å². The Labute approximate surface area is 204 Å². The van der Waals surface area contributed by atoms with Gasteiger partial charge in [0, 0.05) is 55.4 Å². The Morgan fingerprint density at radius 2 is 1.54 bits per heavy atom. The monoisotopic (exact) mass is 519 g/mol. The lowest BCUT2D eigenvalue weighted by Crippen LogP contribution is -2.55. The molecule has 2 heterocycles. The van der Waals surface area contributed by atoms with E-state index in [-0.39, 0.29) is 25.0 Å². The standard InChI is InChI=1S/C24H23F6N3O.ClH/c1-31-7-8-33(19(14-31)11-16-13-32(2)21-6-4-3-5-20(16)21)22(34)15-9-17(23(25,26)27)12-18(10-15)24(28,29)30;/h3-6,9-10,12-13,19H,7-8,11,14H2,1-2H3;1H. The number of hydrogen-bond acceptors (Lipinski definition) is 2. The lowest BCUT2D eigenvalue weighted by molar-refractivity contribution is -0.143. The Morgan fingerprint density at radius 1 is 0.943 bits per heavy atom. The Hall–Kier alpha value is -2.72. The topological polar surface area (TPSA) is 28.5 Å². The molecule has 11 heteroatoms. The van der Waals surface area contributed by atoms with E-state index >= 15 is 0 Å². The summed E-state index contributed by atoms with van der Waals surface area (Å²) in [7, 11) is 3.76. The highest BCUT2D eigenvalue weighted by molar-refractivity contribution is 5.95. The van der Waals surface area contributed by atoms with Crippen LogP contribution in [0.4, 0.5) is 26.3 Å². The first-order valence-electron chi connectivity index (χ1n) is 10.7. The SMILES string of the molecule is CN1CCN(C(=O)c2cc(C(F)(F)F)cc(C(F)(F)F)c2)C(Cc2cn(C)c3ccccc23)C1.Cl. The number of benzene rings is 2. The van der Waals surface area contributed by atoms with E-state index < -0.39 is 41.0 Å². The van der Waals surface area contributed by atoms with E-state index in [0.29, 0.717) is 31.6 Å². The zero-order chi connectivity index (χ0) is 24.8. The molecule has 0 bridgehead atoms. The van der Waals surface area contributed by atoms with Crippen molar-refractivity contribution < 1.29 is 31.1 Å². The summed E-state index contributed by atoms with van der Waals surface area (Å²) in [6.07, 6.45) is -7.67. The molecule has 35 heavy (non-hydrogen) atoms. The molecule has 0 spiro atoms. The summed E-state index contributed by atoms with van der Waals surface area (Å²) in [5.74, 6) is -0.838. The van der Waals surface area contributed by atoms with E-state index in [4.69, 9.17) is 0 Å². The molecule has 4 rings (SSSR count). The van der Waals surface area contributed by atoms with Gasteiger partial charge in [0.25, 0.3) is 5.91 Å². The highest BCUT2D eigenvalue weighted by atomic mass is 35.5. The van der Waals surface area contributed by atoms with Crippen molar-refractivity contribution in [2.75, 3.05) is 26.7 Å². The van der Waals surface area contributed by atoms with Gasteiger partial charge in [-0.15, -0.1) is 12.4 Å². The Balaban J connectivity index is 0.00000342. The molecule has 1 aliphatic rings. The predicted octanol–water partition coefficient (Wildman–Crippen LogP) is 5.64. The summed E-state index contributed by atoms with van der Waals surface area (Å²) in [6.45, 7) is 1.10. The van der Waals surface area contributed by atoms with Crippen LogP contribution in [0, 0.1) is 0 Å². The second-order valence-corrected chi connectivity index (χ2v) is 8.70. The Morgan fingerprint density at radius 3 is 2.14 bits per heavy atom. The van der Waals surface area contributed by atoms with Crippen LogP contribution >= 0.6 is 12.4 Å². The van der Waals surface area contributed by atoms with Gasteiger partial charge in [-0.1, -0.05) is 18.2 Å². The van der Waals surface area contributed by atoms with Gasteiger partial charge in [-0.3, -0.25) is 4.79 Å². The first kappa shape index (κ1) is 26.9. The number of para-hydroxylation sites is 1. The van der Waals surface area contributed by atoms with E-state index in [2.05, 4.69) is 0 Å². The third-order valence-electron chi connectivity index (χ3n) is 6.22. The lowest BCUT2D eigenvalue weighted by atomic mass is 9.99. The average molecular weight is 520 g/mol. The van der Waals surface area contributed by atoms with E-state index in [1.807, 2.05) is 54.0 Å². The fourth-order valence-corrected chi connectivity index (χ4v) is 4.54. The minimum atomic E-state index is -5.01. The van der Waals surface area contributed by atoms with Crippen molar-refractivity contribution in [3.8, 4) is 0 Å². The van der Waals surface area contributed by atoms with Gasteiger partial charge < -0.3 is 14.4 Å². The number of likely N-dealkylation sites (N-methyl/N-ethyl adjacent to an activating group) is 1. The second-order valence-electron chi connectivity index (χ2n) is 8.70. The van der Waals surface area contributed by atoms with Crippen molar-refractivity contribution >= 4 is 29.2 Å². The van der Waals surface area contributed by atoms with Crippen LogP contribution in [0.3, 0.4) is 0 Å². The zero-order valence-corrected chi connectivity index (χ0v) is 19.8. The molecule has 1 aromatic heterocycles. The van der Waals surface area contributed by atoms with Gasteiger partial charge in [0.15, 0.2) is 0 Å². The maximum Gasteiger partial charge on any atom is 0.416 e. The van der Waals surface area contributed by atoms with Crippen molar-refractivity contribution in [1.29, 1.82) is 0 Å². The number of carbonyl (C=O) groups is 1. The molecule has 4 nitrogen and oxygen atoms in total. The second kappa shape index (κ2) is 9.73. The predicted molar refractivity (Wildman–Crippen MR) is 123 cm³/mol. The van der Waals surface area contributed by atoms with Crippen molar-refractivity contribution in [3.63, 3.8) is 0 Å². The van der Waals surface area contributed by atoms with E-state index in [1.165, 1.54) is 4.90 Å². The van der Waals surface area contributed by atoms with Gasteiger partial charge >= 0.3 is 12.4 Å². The fourth-order valence-electron chi connectivity index (χ4n) is 4.54. The van der Waals surface area contributed by atoms with Crippen molar-refractivity contribution in [1.82, 2.24) is 14.4 Å². The number of amides is 1. The molecular weight excluding hydrogens is 496 g/mol. The van der Waals surface area contributed by atoms with E-state index in [1.54, 1.807) is 0 Å². The fraction of sp³-hybridized carbons (Fsp3) is 0.375. The van der Waals surface area contributed by atoms with Crippen LogP contribution in [0.1, 0.15) is 27.0 Å². The average Bonchev–Trinajstić information content (AvgIpc) is 3.07. The van der Waals surface area contributed by atoms with Crippen molar-refractivity contribution in [3.05, 3.63) is 70.9 Å². The molecule has 0 radical (unpaired) electrons. The van der Waals surface area contributed by atoms with Crippen molar-refractivity contribution in [2.45, 2.75) is 24.8 Å². The Bertz CT molecular complexity index is 1190. The largest absolute Gasteiger partial charge is 0.416 e. The quantitative estimate of drug-likeness (QED) is 0.419. The minimum Gasteiger partial charge on any atom is -0.350 e. The van der Waals surface area contributed by atoms with Gasteiger partial charge in [-0.25, -0.2) is 0 Å². The molecule has 0 saturated carbocycles. The first-order valence-corrected chi connectivity index (χ1v) is 10.7. The van der Waals surface area contributed by atoms with Crippen LogP contribution in [-0.2, 0) is 25.8 Å². The molecule has 1 saturated heterocycles. The number of alkyl halides is 6. The molecule has 1 aliphatic heterocycles. The van der Waals surface area contributed by atoms with Crippen LogP contribution < -0.4 is 0 Å². The number of fused-ring (bicyclic) bond motifs is 1. The summed E-state index contributed by atoms with van der Waals surface area (Å²) >= 11 is 0. The van der Waals surface area contributed by atoms with Gasteiger partial charge in [-0.05, 0) is 43.3 Å². The zero-order valence-electron chi connectivity index (χ0n) is 19.0. The van der Waals surface area contributed by atoms with Crippen LogP contribution in [-0.4, -0.2) is 53.0 Å². The highest BCUT2D eigenvalue weighted by Crippen LogP contribution is 2.37. The van der Waals surface area contributed by atoms with Crippen LogP contribution in [0.15, 0.2) is 48.7 Å². The summed E-state index contributed by atoms with van der Waals surface area (Å²) in [6, 6.07) is 8.33. The maximum atomic E-state index is 13.3. The summed E-state index contributed by atoms with van der Waals surface area (Å²) in [5.41, 5.74) is -1.66. The number of piperazine rings is 1. The molecule has 1 unspecified atom stereocenters. The van der Waals surface area contributed by atoms with Gasteiger partial charge in [0.2, 0.25) is 0 Å². The molecule has 1 fully saturated rings. The molecule has 1 atom stereocenters. The summed E-state index contributed by atoms with van der Waals surface area (Å²) in [4.78, 5) is 16.7. The number of aromatic nitrogens is 1. The van der Waals surface area contributed by atoms with Gasteiger partial charge in [0.1, 0.15) is 0 Å². The number of hydrogen-bond donors (Lipinski definition) is 0. The molecule has 2 aromatic carbocycles. The molecule has 0 aliphatic carbocycles. The molecule has 3 aromatic rings. The normalized spacial score (nSPS) is 17.5. The molecule has 190 valence electrons. The maximum absolute atomic E-state index is 13.3. The Kier molecular flexibility index (Phi) is 7.48. The number of carbonyl (C=O) groups excluding carboxylic acids is 1. The smallest absolute Gasteiger partial charge is 0.350 e. The first-order chi connectivity index (χ1) is 15.8. The van der Waals surface area contributed by atoms with E-state index in [9.17, 15) is 31.1 Å². The van der Waals surface area contributed by atoms with E-state index in [0.717, 1.165) is 16.5 Å². The number of rotatable bonds is 3. The lowest BCUT2D eigenvalue weighted by Gasteiger charge is -2.40. The van der Waals surface area contributed by atoms with Crippen LogP contribution in [0.2, 0.25) is 0 Å². The number of halogens is 7. The minimum absolute atomic E-state index is 0. The van der Waals surface area contributed by atoms with Crippen molar-refractivity contribution in [2.24, 2.45) is 7.05 Å². The molecule has 1 amide bonds. The van der Waals surface area contributed by atoms with Crippen LogP contribution in [0.25, 0.3) is 10.9 Å². The molecular formula is C24H24ClF6N3O. The summed E-state index contributed by atoms with van der Waals surface area (Å²) in [5, 5.41) is 0.990.